The summed E-state index contributed by atoms with van der Waals surface area (Å²) in [7, 11) is 0. The Morgan fingerprint density at radius 1 is 1.50 bits per heavy atom. The van der Waals surface area contributed by atoms with E-state index in [4.69, 9.17) is 15.9 Å². The lowest BCUT2D eigenvalue weighted by atomic mass is 10.1. The molecular weight excluding hydrogens is 228 g/mol. The van der Waals surface area contributed by atoms with E-state index in [0.717, 1.165) is 24.6 Å². The molecular formula is C13H20N4O. The topological polar surface area (TPSA) is 75.2 Å². The van der Waals surface area contributed by atoms with Gasteiger partial charge < -0.3 is 15.4 Å². The lowest BCUT2D eigenvalue weighted by Gasteiger charge is -2.39. The first-order valence-electron chi connectivity index (χ1n) is 6.10. The van der Waals surface area contributed by atoms with Gasteiger partial charge in [0.05, 0.1) is 17.8 Å². The molecule has 1 aromatic rings. The van der Waals surface area contributed by atoms with Crippen LogP contribution >= 0.6 is 0 Å². The van der Waals surface area contributed by atoms with Crippen molar-refractivity contribution in [3.63, 3.8) is 0 Å². The van der Waals surface area contributed by atoms with Gasteiger partial charge in [0, 0.05) is 18.8 Å². The molecule has 0 aliphatic carbocycles. The van der Waals surface area contributed by atoms with Crippen molar-refractivity contribution in [3.8, 4) is 0 Å². The van der Waals surface area contributed by atoms with Gasteiger partial charge in [0.25, 0.3) is 0 Å². The molecule has 0 aromatic carbocycles. The highest BCUT2D eigenvalue weighted by atomic mass is 16.5. The van der Waals surface area contributed by atoms with Crippen molar-refractivity contribution in [2.24, 2.45) is 5.73 Å². The SMILES string of the molecule is Cc1ccc(C(=N)N)c(N2CCOC(C)(C)C2)n1. The number of aryl methyl sites for hydroxylation is 1. The highest BCUT2D eigenvalue weighted by molar-refractivity contribution is 5.99. The summed E-state index contributed by atoms with van der Waals surface area (Å²) >= 11 is 0. The number of hydrogen-bond donors (Lipinski definition) is 2. The predicted octanol–water partition coefficient (Wildman–Crippen LogP) is 1.29. The minimum atomic E-state index is -0.197. The van der Waals surface area contributed by atoms with Crippen LogP contribution in [0.1, 0.15) is 25.1 Å². The number of nitrogen functional groups attached to an aromatic ring is 1. The highest BCUT2D eigenvalue weighted by Gasteiger charge is 2.29. The van der Waals surface area contributed by atoms with Gasteiger partial charge in [-0.3, -0.25) is 5.41 Å². The van der Waals surface area contributed by atoms with Gasteiger partial charge in [-0.25, -0.2) is 4.98 Å². The normalized spacial score (nSPS) is 18.7. The van der Waals surface area contributed by atoms with Crippen molar-refractivity contribution < 1.29 is 4.74 Å². The van der Waals surface area contributed by atoms with Crippen LogP contribution in [0.4, 0.5) is 5.82 Å². The first kappa shape index (κ1) is 12.8. The lowest BCUT2D eigenvalue weighted by molar-refractivity contribution is -0.0279. The summed E-state index contributed by atoms with van der Waals surface area (Å²) in [5.74, 6) is 0.848. The van der Waals surface area contributed by atoms with E-state index in [1.165, 1.54) is 0 Å². The van der Waals surface area contributed by atoms with E-state index in [0.29, 0.717) is 12.2 Å². The van der Waals surface area contributed by atoms with Gasteiger partial charge in [-0.05, 0) is 32.9 Å². The molecule has 2 heterocycles. The Morgan fingerprint density at radius 2 is 2.22 bits per heavy atom. The third-order valence-electron chi connectivity index (χ3n) is 3.03. The van der Waals surface area contributed by atoms with Crippen molar-refractivity contribution in [1.82, 2.24) is 4.98 Å². The van der Waals surface area contributed by atoms with E-state index in [9.17, 15) is 0 Å². The van der Waals surface area contributed by atoms with Gasteiger partial charge in [0.1, 0.15) is 11.7 Å². The average Bonchev–Trinajstić information content (AvgIpc) is 2.27. The summed E-state index contributed by atoms with van der Waals surface area (Å²) in [5, 5.41) is 7.64. The smallest absolute Gasteiger partial charge is 0.140 e. The molecule has 1 aliphatic rings. The van der Waals surface area contributed by atoms with Gasteiger partial charge >= 0.3 is 0 Å². The van der Waals surface area contributed by atoms with E-state index < -0.39 is 0 Å². The molecule has 0 radical (unpaired) electrons. The molecule has 1 fully saturated rings. The third kappa shape index (κ3) is 2.61. The molecule has 1 aliphatic heterocycles. The summed E-state index contributed by atoms with van der Waals surface area (Å²) in [6.07, 6.45) is 0. The van der Waals surface area contributed by atoms with Gasteiger partial charge in [-0.2, -0.15) is 0 Å². The fourth-order valence-corrected chi connectivity index (χ4v) is 2.19. The maximum absolute atomic E-state index is 7.64. The second-order valence-corrected chi connectivity index (χ2v) is 5.27. The maximum Gasteiger partial charge on any atom is 0.140 e. The summed E-state index contributed by atoms with van der Waals surface area (Å²) < 4.78 is 5.69. The number of amidine groups is 1. The van der Waals surface area contributed by atoms with E-state index >= 15 is 0 Å². The molecule has 2 rings (SSSR count). The average molecular weight is 248 g/mol. The van der Waals surface area contributed by atoms with Crippen LogP contribution in [-0.4, -0.2) is 36.1 Å². The molecule has 0 bridgehead atoms. The standard InChI is InChI=1S/C13H20N4O/c1-9-4-5-10(11(14)15)12(16-9)17-6-7-18-13(2,3)8-17/h4-5H,6-8H2,1-3H3,(H3,14,15). The van der Waals surface area contributed by atoms with Gasteiger partial charge in [-0.1, -0.05) is 0 Å². The van der Waals surface area contributed by atoms with Crippen molar-refractivity contribution in [2.75, 3.05) is 24.6 Å². The number of nitrogens with one attached hydrogen (secondary N) is 1. The van der Waals surface area contributed by atoms with Gasteiger partial charge in [0.15, 0.2) is 0 Å². The second-order valence-electron chi connectivity index (χ2n) is 5.27. The molecule has 18 heavy (non-hydrogen) atoms. The Bertz CT molecular complexity index is 470. The second kappa shape index (κ2) is 4.57. The van der Waals surface area contributed by atoms with Crippen LogP contribution in [0.15, 0.2) is 12.1 Å². The quantitative estimate of drug-likeness (QED) is 0.611. The zero-order valence-electron chi connectivity index (χ0n) is 11.2. The number of anilines is 1. The van der Waals surface area contributed by atoms with Crippen molar-refractivity contribution in [3.05, 3.63) is 23.4 Å². The number of aromatic nitrogens is 1. The molecule has 0 atom stereocenters. The summed E-state index contributed by atoms with van der Waals surface area (Å²) in [6, 6.07) is 3.74. The number of nitrogens with zero attached hydrogens (tertiary/aromatic N) is 2. The minimum Gasteiger partial charge on any atom is -0.384 e. The van der Waals surface area contributed by atoms with Crippen LogP contribution in [0.3, 0.4) is 0 Å². The first-order chi connectivity index (χ1) is 8.39. The fourth-order valence-electron chi connectivity index (χ4n) is 2.19. The zero-order valence-corrected chi connectivity index (χ0v) is 11.2. The Kier molecular flexibility index (Phi) is 3.26. The molecule has 0 unspecified atom stereocenters. The van der Waals surface area contributed by atoms with Crippen molar-refractivity contribution in [2.45, 2.75) is 26.4 Å². The largest absolute Gasteiger partial charge is 0.384 e. The van der Waals surface area contributed by atoms with E-state index in [-0.39, 0.29) is 11.4 Å². The van der Waals surface area contributed by atoms with Crippen LogP contribution in [0.25, 0.3) is 0 Å². The molecule has 0 spiro atoms. The fraction of sp³-hybridized carbons (Fsp3) is 0.538. The van der Waals surface area contributed by atoms with Crippen molar-refractivity contribution >= 4 is 11.7 Å². The Balaban J connectivity index is 2.37. The Labute approximate surface area is 107 Å². The first-order valence-corrected chi connectivity index (χ1v) is 6.10. The number of pyridine rings is 1. The van der Waals surface area contributed by atoms with E-state index in [1.54, 1.807) is 0 Å². The molecule has 5 heteroatoms. The van der Waals surface area contributed by atoms with Crippen LogP contribution in [-0.2, 0) is 4.74 Å². The van der Waals surface area contributed by atoms with Crippen LogP contribution in [0.5, 0.6) is 0 Å². The number of morpholine rings is 1. The maximum atomic E-state index is 7.64. The van der Waals surface area contributed by atoms with Crippen molar-refractivity contribution in [1.29, 1.82) is 5.41 Å². The predicted molar refractivity (Wildman–Crippen MR) is 72.2 cm³/mol. The zero-order chi connectivity index (χ0) is 13.3. The Hall–Kier alpha value is -1.62. The number of rotatable bonds is 2. The number of hydrogen-bond acceptors (Lipinski definition) is 4. The number of nitrogens with two attached hydrogens (primary N) is 1. The summed E-state index contributed by atoms with van der Waals surface area (Å²) in [5.41, 5.74) is 7.05. The summed E-state index contributed by atoms with van der Waals surface area (Å²) in [4.78, 5) is 6.68. The number of ether oxygens (including phenoxy) is 1. The molecule has 0 amide bonds. The van der Waals surface area contributed by atoms with E-state index in [2.05, 4.69) is 23.7 Å². The van der Waals surface area contributed by atoms with Gasteiger partial charge in [-0.15, -0.1) is 0 Å². The monoisotopic (exact) mass is 248 g/mol. The van der Waals surface area contributed by atoms with Crippen LogP contribution in [0, 0.1) is 12.3 Å². The van der Waals surface area contributed by atoms with Crippen LogP contribution in [0.2, 0.25) is 0 Å². The molecule has 3 N–H and O–H groups in total. The molecule has 5 nitrogen and oxygen atoms in total. The van der Waals surface area contributed by atoms with Crippen LogP contribution < -0.4 is 10.6 Å². The van der Waals surface area contributed by atoms with E-state index in [1.807, 2.05) is 19.1 Å². The molecule has 0 saturated carbocycles. The summed E-state index contributed by atoms with van der Waals surface area (Å²) in [6.45, 7) is 8.26. The molecule has 98 valence electrons. The lowest BCUT2D eigenvalue weighted by Crippen LogP contribution is -2.49. The molecule has 1 aromatic heterocycles. The minimum absolute atomic E-state index is 0.0572. The highest BCUT2D eigenvalue weighted by Crippen LogP contribution is 2.24. The Morgan fingerprint density at radius 3 is 2.83 bits per heavy atom. The van der Waals surface area contributed by atoms with Gasteiger partial charge in [0.2, 0.25) is 0 Å². The molecule has 1 saturated heterocycles. The third-order valence-corrected chi connectivity index (χ3v) is 3.03.